The van der Waals surface area contributed by atoms with Crippen molar-refractivity contribution in [2.75, 3.05) is 37.6 Å². The van der Waals surface area contributed by atoms with Gasteiger partial charge in [0.05, 0.1) is 0 Å². The van der Waals surface area contributed by atoms with Crippen molar-refractivity contribution in [3.63, 3.8) is 0 Å². The van der Waals surface area contributed by atoms with Crippen LogP contribution in [-0.2, 0) is 15.1 Å². The summed E-state index contributed by atoms with van der Waals surface area (Å²) in [6.45, 7) is 4.53. The molecule has 2 saturated heterocycles. The molecule has 1 N–H and O–H groups in total. The van der Waals surface area contributed by atoms with E-state index in [1.54, 1.807) is 43.0 Å². The second-order valence-corrected chi connectivity index (χ2v) is 8.26. The maximum atomic E-state index is 13.0. The molecule has 4 rings (SSSR count). The molecule has 1 atom stereocenters. The van der Waals surface area contributed by atoms with Crippen molar-refractivity contribution in [1.29, 1.82) is 5.26 Å². The number of aromatic nitrogens is 1. The van der Waals surface area contributed by atoms with Crippen molar-refractivity contribution in [2.24, 2.45) is 0 Å². The van der Waals surface area contributed by atoms with Crippen molar-refractivity contribution in [2.45, 2.75) is 19.4 Å². The van der Waals surface area contributed by atoms with E-state index < -0.39 is 17.5 Å². The van der Waals surface area contributed by atoms with E-state index in [-0.39, 0.29) is 18.1 Å². The summed E-state index contributed by atoms with van der Waals surface area (Å²) >= 11 is 5.92. The molecule has 0 aliphatic carbocycles. The number of nitriles is 1. The summed E-state index contributed by atoms with van der Waals surface area (Å²) in [5, 5.41) is 12.4. The van der Waals surface area contributed by atoms with Crippen molar-refractivity contribution in [1.82, 2.24) is 20.1 Å². The number of aryl methyl sites for hydroxylation is 1. The molecule has 1 unspecified atom stereocenters. The smallest absolute Gasteiger partial charge is 0.325 e. The number of piperazine rings is 1. The lowest BCUT2D eigenvalue weighted by Gasteiger charge is -2.35. The van der Waals surface area contributed by atoms with Gasteiger partial charge in [0.1, 0.15) is 18.2 Å². The van der Waals surface area contributed by atoms with Crippen LogP contribution in [0, 0.1) is 18.3 Å². The van der Waals surface area contributed by atoms with Crippen molar-refractivity contribution in [3.05, 3.63) is 46.4 Å². The number of carbonyl (C=O) groups excluding carboxylic acids is 3. The SMILES string of the molecule is Cc1nc(C#N)c(N2CCN(C(=O)CN3C(=O)NC(C)(c4ccc(Cl)cc4)C3=O)CC2)o1. The maximum Gasteiger partial charge on any atom is 0.325 e. The molecular weight excluding hydrogens is 436 g/mol. The number of amides is 4. The molecule has 0 saturated carbocycles. The van der Waals surface area contributed by atoms with Crippen LogP contribution in [0.2, 0.25) is 5.02 Å². The van der Waals surface area contributed by atoms with Gasteiger partial charge in [-0.2, -0.15) is 5.26 Å². The Kier molecular flexibility index (Phi) is 5.52. The summed E-state index contributed by atoms with van der Waals surface area (Å²) < 4.78 is 5.52. The van der Waals surface area contributed by atoms with Gasteiger partial charge in [0.15, 0.2) is 5.89 Å². The van der Waals surface area contributed by atoms with Crippen LogP contribution in [0.5, 0.6) is 0 Å². The van der Waals surface area contributed by atoms with Crippen LogP contribution in [0.15, 0.2) is 28.7 Å². The Morgan fingerprint density at radius 1 is 1.25 bits per heavy atom. The van der Waals surface area contributed by atoms with Gasteiger partial charge in [-0.3, -0.25) is 14.5 Å². The summed E-state index contributed by atoms with van der Waals surface area (Å²) in [5.41, 5.74) is -0.471. The largest absolute Gasteiger partial charge is 0.424 e. The number of nitrogens with one attached hydrogen (secondary N) is 1. The third-order valence-corrected chi connectivity index (χ3v) is 5.98. The minimum absolute atomic E-state index is 0.211. The molecule has 10 nitrogen and oxygen atoms in total. The molecule has 0 bridgehead atoms. The van der Waals surface area contributed by atoms with Crippen LogP contribution in [0.1, 0.15) is 24.1 Å². The number of halogens is 1. The first kappa shape index (κ1) is 21.6. The Morgan fingerprint density at radius 3 is 2.53 bits per heavy atom. The standard InChI is InChI=1S/C21H21ClN6O4/c1-13-24-16(11-23)18(32-13)27-9-7-26(8-10-27)17(29)12-28-19(30)21(2,25-20(28)31)14-3-5-15(22)6-4-14/h3-6H,7-10,12H2,1-2H3,(H,25,31). The fourth-order valence-corrected chi connectivity index (χ4v) is 4.04. The van der Waals surface area contributed by atoms with Crippen molar-refractivity contribution in [3.8, 4) is 6.07 Å². The molecule has 2 fully saturated rings. The van der Waals surface area contributed by atoms with E-state index in [0.717, 1.165) is 4.90 Å². The summed E-state index contributed by atoms with van der Waals surface area (Å²) in [7, 11) is 0. The third-order valence-electron chi connectivity index (χ3n) is 5.73. The Hall–Kier alpha value is -3.58. The highest BCUT2D eigenvalue weighted by molar-refractivity contribution is 6.30. The molecule has 1 aromatic heterocycles. The lowest BCUT2D eigenvalue weighted by atomic mass is 9.92. The van der Waals surface area contributed by atoms with E-state index in [1.165, 1.54) is 0 Å². The summed E-state index contributed by atoms with van der Waals surface area (Å²) in [4.78, 5) is 46.8. The van der Waals surface area contributed by atoms with Crippen LogP contribution in [-0.4, -0.2) is 65.4 Å². The van der Waals surface area contributed by atoms with Crippen LogP contribution >= 0.6 is 11.6 Å². The number of carbonyl (C=O) groups is 3. The number of hydrogen-bond acceptors (Lipinski definition) is 7. The molecule has 1 aromatic carbocycles. The van der Waals surface area contributed by atoms with E-state index in [0.29, 0.717) is 48.5 Å². The fourth-order valence-electron chi connectivity index (χ4n) is 3.92. The summed E-state index contributed by atoms with van der Waals surface area (Å²) in [5.74, 6) is -0.0300. The Morgan fingerprint density at radius 2 is 1.91 bits per heavy atom. The molecule has 11 heteroatoms. The lowest BCUT2D eigenvalue weighted by molar-refractivity contribution is -0.139. The Balaban J connectivity index is 1.40. The van der Waals surface area contributed by atoms with Gasteiger partial charge in [0, 0.05) is 38.1 Å². The molecule has 2 aliphatic heterocycles. The summed E-state index contributed by atoms with van der Waals surface area (Å²) in [6, 6.07) is 8.02. The predicted molar refractivity (Wildman–Crippen MR) is 114 cm³/mol. The fraction of sp³-hybridized carbons (Fsp3) is 0.381. The van der Waals surface area contributed by atoms with E-state index in [4.69, 9.17) is 16.0 Å². The number of oxazole rings is 1. The molecule has 0 radical (unpaired) electrons. The quantitative estimate of drug-likeness (QED) is 0.693. The number of anilines is 1. The number of urea groups is 1. The van der Waals surface area contributed by atoms with Crippen LogP contribution in [0.3, 0.4) is 0 Å². The molecule has 166 valence electrons. The first-order chi connectivity index (χ1) is 15.2. The number of nitrogens with zero attached hydrogens (tertiary/aromatic N) is 5. The average Bonchev–Trinajstić information content (AvgIpc) is 3.27. The minimum Gasteiger partial charge on any atom is -0.424 e. The van der Waals surface area contributed by atoms with Gasteiger partial charge in [-0.1, -0.05) is 23.7 Å². The highest BCUT2D eigenvalue weighted by Gasteiger charge is 2.49. The number of hydrogen-bond donors (Lipinski definition) is 1. The van der Waals surface area contributed by atoms with Gasteiger partial charge in [-0.15, -0.1) is 0 Å². The van der Waals surface area contributed by atoms with Crippen molar-refractivity contribution < 1.29 is 18.8 Å². The second-order valence-electron chi connectivity index (χ2n) is 7.82. The van der Waals surface area contributed by atoms with Gasteiger partial charge >= 0.3 is 6.03 Å². The topological polar surface area (TPSA) is 123 Å². The normalized spacial score (nSPS) is 21.0. The van der Waals surface area contributed by atoms with Crippen LogP contribution in [0.25, 0.3) is 0 Å². The molecular formula is C21H21ClN6O4. The van der Waals surface area contributed by atoms with Crippen LogP contribution in [0.4, 0.5) is 10.7 Å². The van der Waals surface area contributed by atoms with Gasteiger partial charge in [-0.25, -0.2) is 9.78 Å². The Bertz CT molecular complexity index is 1120. The second kappa shape index (κ2) is 8.16. The zero-order chi connectivity index (χ0) is 23.0. The number of rotatable bonds is 4. The van der Waals surface area contributed by atoms with Crippen LogP contribution < -0.4 is 10.2 Å². The molecule has 2 aromatic rings. The first-order valence-corrected chi connectivity index (χ1v) is 10.4. The molecule has 32 heavy (non-hydrogen) atoms. The molecule has 2 aliphatic rings. The van der Waals surface area contributed by atoms with Gasteiger partial charge in [-0.05, 0) is 24.6 Å². The minimum atomic E-state index is -1.27. The Labute approximate surface area is 189 Å². The van der Waals surface area contributed by atoms with Crippen molar-refractivity contribution >= 4 is 35.3 Å². The highest BCUT2D eigenvalue weighted by atomic mass is 35.5. The van der Waals surface area contributed by atoms with Gasteiger partial charge in [0.25, 0.3) is 5.91 Å². The highest BCUT2D eigenvalue weighted by Crippen LogP contribution is 2.30. The van der Waals surface area contributed by atoms with E-state index in [2.05, 4.69) is 10.3 Å². The maximum absolute atomic E-state index is 13.0. The monoisotopic (exact) mass is 456 g/mol. The molecule has 0 spiro atoms. The van der Waals surface area contributed by atoms with Gasteiger partial charge in [0.2, 0.25) is 17.5 Å². The lowest BCUT2D eigenvalue weighted by Crippen LogP contribution is -2.52. The number of imide groups is 1. The zero-order valence-electron chi connectivity index (χ0n) is 17.6. The van der Waals surface area contributed by atoms with E-state index in [1.807, 2.05) is 11.0 Å². The molecule has 4 amide bonds. The number of benzene rings is 1. The molecule has 3 heterocycles. The summed E-state index contributed by atoms with van der Waals surface area (Å²) in [6.07, 6.45) is 0. The zero-order valence-corrected chi connectivity index (χ0v) is 18.3. The predicted octanol–water partition coefficient (Wildman–Crippen LogP) is 1.62. The first-order valence-electron chi connectivity index (χ1n) is 10.0. The van der Waals surface area contributed by atoms with Gasteiger partial charge < -0.3 is 19.5 Å². The van der Waals surface area contributed by atoms with E-state index >= 15 is 0 Å². The average molecular weight is 457 g/mol. The van der Waals surface area contributed by atoms with E-state index in [9.17, 15) is 19.6 Å². The third kappa shape index (κ3) is 3.76.